The number of nitrogens with two attached hydrogens (primary N) is 1. The van der Waals surface area contributed by atoms with Crippen LogP contribution in [0.2, 0.25) is 0 Å². The molecule has 0 aromatic heterocycles. The Morgan fingerprint density at radius 2 is 2.10 bits per heavy atom. The van der Waals surface area contributed by atoms with Crippen molar-refractivity contribution in [3.8, 4) is 0 Å². The van der Waals surface area contributed by atoms with E-state index in [2.05, 4.69) is 5.32 Å². The van der Waals surface area contributed by atoms with Gasteiger partial charge in [0, 0.05) is 19.0 Å². The fourth-order valence-corrected chi connectivity index (χ4v) is 1.80. The summed E-state index contributed by atoms with van der Waals surface area (Å²) in [4.78, 5) is 11.6. The normalized spacial score (nSPS) is 12.9. The Kier molecular flexibility index (Phi) is 5.51. The number of ether oxygens (including phenoxy) is 1. The first-order chi connectivity index (χ1) is 9.23. The van der Waals surface area contributed by atoms with Crippen LogP contribution in [0.1, 0.15) is 37.8 Å². The summed E-state index contributed by atoms with van der Waals surface area (Å²) in [7, 11) is 0. The highest BCUT2D eigenvalue weighted by molar-refractivity contribution is 5.67. The SMILES string of the molecule is Cc1ccc(C(CN)CNC(=O)OC(C)(C)C)c(F)c1. The zero-order chi connectivity index (χ0) is 15.3. The van der Waals surface area contributed by atoms with Gasteiger partial charge in [0.15, 0.2) is 0 Å². The molecule has 1 aromatic carbocycles. The maximum atomic E-state index is 13.9. The molecule has 5 heteroatoms. The Morgan fingerprint density at radius 1 is 1.45 bits per heavy atom. The number of benzene rings is 1. The molecule has 0 heterocycles. The second-order valence-corrected chi connectivity index (χ2v) is 5.84. The lowest BCUT2D eigenvalue weighted by molar-refractivity contribution is 0.0524. The summed E-state index contributed by atoms with van der Waals surface area (Å²) in [5.74, 6) is -0.574. The topological polar surface area (TPSA) is 64.3 Å². The monoisotopic (exact) mass is 282 g/mol. The van der Waals surface area contributed by atoms with Crippen molar-refractivity contribution in [1.82, 2.24) is 5.32 Å². The summed E-state index contributed by atoms with van der Waals surface area (Å²) in [6, 6.07) is 5.00. The van der Waals surface area contributed by atoms with Crippen molar-refractivity contribution >= 4 is 6.09 Å². The molecule has 1 rings (SSSR count). The molecule has 0 saturated heterocycles. The minimum Gasteiger partial charge on any atom is -0.444 e. The molecular formula is C15H23FN2O2. The smallest absolute Gasteiger partial charge is 0.407 e. The quantitative estimate of drug-likeness (QED) is 0.892. The number of rotatable bonds is 4. The van der Waals surface area contributed by atoms with Gasteiger partial charge in [0.25, 0.3) is 0 Å². The van der Waals surface area contributed by atoms with Crippen LogP contribution in [0.4, 0.5) is 9.18 Å². The predicted octanol–water partition coefficient (Wildman–Crippen LogP) is 2.70. The van der Waals surface area contributed by atoms with E-state index in [9.17, 15) is 9.18 Å². The molecule has 0 radical (unpaired) electrons. The minimum atomic E-state index is -0.558. The van der Waals surface area contributed by atoms with Gasteiger partial charge in [-0.2, -0.15) is 0 Å². The van der Waals surface area contributed by atoms with Crippen LogP contribution in [0, 0.1) is 12.7 Å². The highest BCUT2D eigenvalue weighted by Gasteiger charge is 2.19. The summed E-state index contributed by atoms with van der Waals surface area (Å²) in [5, 5.41) is 2.62. The van der Waals surface area contributed by atoms with E-state index >= 15 is 0 Å². The second kappa shape index (κ2) is 6.70. The van der Waals surface area contributed by atoms with E-state index in [1.807, 2.05) is 13.0 Å². The number of alkyl carbamates (subject to hydrolysis) is 1. The Hall–Kier alpha value is -1.62. The van der Waals surface area contributed by atoms with E-state index in [0.29, 0.717) is 5.56 Å². The Balaban J connectivity index is 2.66. The van der Waals surface area contributed by atoms with Gasteiger partial charge in [-0.05, 0) is 44.9 Å². The van der Waals surface area contributed by atoms with Gasteiger partial charge < -0.3 is 15.8 Å². The average Bonchev–Trinajstić information content (AvgIpc) is 2.29. The van der Waals surface area contributed by atoms with Crippen LogP contribution in [-0.4, -0.2) is 24.8 Å². The Bertz CT molecular complexity index is 469. The van der Waals surface area contributed by atoms with Gasteiger partial charge in [-0.3, -0.25) is 0 Å². The highest BCUT2D eigenvalue weighted by Crippen LogP contribution is 2.19. The van der Waals surface area contributed by atoms with Crippen molar-refractivity contribution in [1.29, 1.82) is 0 Å². The number of hydrogen-bond acceptors (Lipinski definition) is 3. The van der Waals surface area contributed by atoms with Gasteiger partial charge in [-0.25, -0.2) is 9.18 Å². The predicted molar refractivity (Wildman–Crippen MR) is 77.2 cm³/mol. The number of carbonyl (C=O) groups excluding carboxylic acids is 1. The van der Waals surface area contributed by atoms with Crippen LogP contribution in [0.25, 0.3) is 0 Å². The summed E-state index contributed by atoms with van der Waals surface area (Å²) < 4.78 is 19.0. The molecule has 0 spiro atoms. The van der Waals surface area contributed by atoms with E-state index in [0.717, 1.165) is 5.56 Å². The third-order valence-electron chi connectivity index (χ3n) is 2.77. The van der Waals surface area contributed by atoms with Gasteiger partial charge >= 0.3 is 6.09 Å². The van der Waals surface area contributed by atoms with Gasteiger partial charge in [0.2, 0.25) is 0 Å². The lowest BCUT2D eigenvalue weighted by Crippen LogP contribution is -2.36. The fourth-order valence-electron chi connectivity index (χ4n) is 1.80. The van der Waals surface area contributed by atoms with Crippen molar-refractivity contribution in [2.45, 2.75) is 39.2 Å². The summed E-state index contributed by atoms with van der Waals surface area (Å²) in [6.07, 6.45) is -0.525. The molecule has 1 unspecified atom stereocenters. The first kappa shape index (κ1) is 16.4. The lowest BCUT2D eigenvalue weighted by atomic mass is 9.97. The Labute approximate surface area is 119 Å². The van der Waals surface area contributed by atoms with Gasteiger partial charge in [0.05, 0.1) is 0 Å². The third kappa shape index (κ3) is 5.17. The van der Waals surface area contributed by atoms with Crippen molar-refractivity contribution in [3.63, 3.8) is 0 Å². The Morgan fingerprint density at radius 3 is 2.60 bits per heavy atom. The first-order valence-electron chi connectivity index (χ1n) is 6.66. The van der Waals surface area contributed by atoms with Crippen LogP contribution >= 0.6 is 0 Å². The van der Waals surface area contributed by atoms with E-state index in [1.54, 1.807) is 26.8 Å². The molecular weight excluding hydrogens is 259 g/mol. The molecule has 0 bridgehead atoms. The van der Waals surface area contributed by atoms with E-state index in [4.69, 9.17) is 10.5 Å². The number of aryl methyl sites for hydroxylation is 1. The highest BCUT2D eigenvalue weighted by atomic mass is 19.1. The maximum Gasteiger partial charge on any atom is 0.407 e. The van der Waals surface area contributed by atoms with Crippen molar-refractivity contribution in [2.75, 3.05) is 13.1 Å². The molecule has 0 aliphatic heterocycles. The van der Waals surface area contributed by atoms with Crippen LogP contribution in [0.5, 0.6) is 0 Å². The van der Waals surface area contributed by atoms with Gasteiger partial charge in [0.1, 0.15) is 11.4 Å². The van der Waals surface area contributed by atoms with E-state index < -0.39 is 11.7 Å². The summed E-state index contributed by atoms with van der Waals surface area (Å²) in [5.41, 5.74) is 6.47. The zero-order valence-corrected chi connectivity index (χ0v) is 12.5. The number of amides is 1. The molecule has 4 nitrogen and oxygen atoms in total. The minimum absolute atomic E-state index is 0.241. The molecule has 1 amide bonds. The number of hydrogen-bond donors (Lipinski definition) is 2. The molecule has 1 atom stereocenters. The molecule has 20 heavy (non-hydrogen) atoms. The summed E-state index contributed by atoms with van der Waals surface area (Å²) >= 11 is 0. The van der Waals surface area contributed by atoms with Crippen LogP contribution in [0.3, 0.4) is 0 Å². The lowest BCUT2D eigenvalue weighted by Gasteiger charge is -2.22. The van der Waals surface area contributed by atoms with Gasteiger partial charge in [-0.1, -0.05) is 12.1 Å². The van der Waals surface area contributed by atoms with Crippen molar-refractivity contribution in [2.24, 2.45) is 5.73 Å². The fraction of sp³-hybridized carbons (Fsp3) is 0.533. The molecule has 0 saturated carbocycles. The van der Waals surface area contributed by atoms with E-state index in [1.165, 1.54) is 6.07 Å². The summed E-state index contributed by atoms with van der Waals surface area (Å²) in [6.45, 7) is 7.66. The van der Waals surface area contributed by atoms with Crippen LogP contribution < -0.4 is 11.1 Å². The number of carbonyl (C=O) groups is 1. The van der Waals surface area contributed by atoms with Gasteiger partial charge in [-0.15, -0.1) is 0 Å². The zero-order valence-electron chi connectivity index (χ0n) is 12.5. The molecule has 1 aromatic rings. The molecule has 0 fully saturated rings. The standard InChI is InChI=1S/C15H23FN2O2/c1-10-5-6-12(13(16)7-10)11(8-17)9-18-14(19)20-15(2,3)4/h5-7,11H,8-9,17H2,1-4H3,(H,18,19). The molecule has 0 aliphatic rings. The molecule has 112 valence electrons. The molecule has 3 N–H and O–H groups in total. The molecule has 0 aliphatic carbocycles. The number of nitrogens with one attached hydrogen (secondary N) is 1. The third-order valence-corrected chi connectivity index (χ3v) is 2.77. The van der Waals surface area contributed by atoms with Crippen LogP contribution in [-0.2, 0) is 4.74 Å². The maximum absolute atomic E-state index is 13.9. The first-order valence-corrected chi connectivity index (χ1v) is 6.66. The van der Waals surface area contributed by atoms with Crippen LogP contribution in [0.15, 0.2) is 18.2 Å². The average molecular weight is 282 g/mol. The van der Waals surface area contributed by atoms with Crippen molar-refractivity contribution in [3.05, 3.63) is 35.1 Å². The van der Waals surface area contributed by atoms with E-state index in [-0.39, 0.29) is 24.8 Å². The second-order valence-electron chi connectivity index (χ2n) is 5.84. The largest absolute Gasteiger partial charge is 0.444 e. The van der Waals surface area contributed by atoms with Crippen molar-refractivity contribution < 1.29 is 13.9 Å². The number of halogens is 1.